The van der Waals surface area contributed by atoms with Crippen molar-refractivity contribution in [3.05, 3.63) is 34.3 Å². The Labute approximate surface area is 113 Å². The molecule has 0 aliphatic heterocycles. The highest BCUT2D eigenvalue weighted by molar-refractivity contribution is 9.10. The standard InChI is InChI=1S/C15H22BrN/c1-11-9-15(11,10-17-14(2,3)4)12-7-5-6-8-13(12)16/h5-8,11,17H,9-10H2,1-4H3. The van der Waals surface area contributed by atoms with Crippen molar-refractivity contribution < 1.29 is 0 Å². The zero-order valence-corrected chi connectivity index (χ0v) is 12.8. The van der Waals surface area contributed by atoms with Gasteiger partial charge in [-0.25, -0.2) is 0 Å². The lowest BCUT2D eigenvalue weighted by Gasteiger charge is -2.27. The van der Waals surface area contributed by atoms with E-state index in [2.05, 4.69) is 73.2 Å². The Kier molecular flexibility index (Phi) is 3.39. The molecule has 1 nitrogen and oxygen atoms in total. The van der Waals surface area contributed by atoms with Gasteiger partial charge in [0.25, 0.3) is 0 Å². The highest BCUT2D eigenvalue weighted by Crippen LogP contribution is 2.55. The topological polar surface area (TPSA) is 12.0 Å². The predicted molar refractivity (Wildman–Crippen MR) is 77.4 cm³/mol. The normalized spacial score (nSPS) is 28.2. The Morgan fingerprint density at radius 3 is 2.41 bits per heavy atom. The Balaban J connectivity index is 2.19. The molecule has 1 aromatic rings. The number of halogens is 1. The van der Waals surface area contributed by atoms with Crippen molar-refractivity contribution in [1.29, 1.82) is 0 Å². The van der Waals surface area contributed by atoms with Gasteiger partial charge in [0.1, 0.15) is 0 Å². The quantitative estimate of drug-likeness (QED) is 0.885. The summed E-state index contributed by atoms with van der Waals surface area (Å²) in [6, 6.07) is 8.65. The Morgan fingerprint density at radius 1 is 1.35 bits per heavy atom. The number of hydrogen-bond donors (Lipinski definition) is 1. The maximum atomic E-state index is 3.69. The molecule has 2 heteroatoms. The summed E-state index contributed by atoms with van der Waals surface area (Å²) < 4.78 is 1.25. The zero-order chi connectivity index (χ0) is 12.7. The second-order valence-corrected chi connectivity index (χ2v) is 7.20. The summed E-state index contributed by atoms with van der Waals surface area (Å²) in [6.45, 7) is 10.1. The van der Waals surface area contributed by atoms with Crippen LogP contribution in [0, 0.1) is 5.92 Å². The van der Waals surface area contributed by atoms with Gasteiger partial charge in [-0.15, -0.1) is 0 Å². The molecule has 0 saturated heterocycles. The molecule has 1 N–H and O–H groups in total. The maximum absolute atomic E-state index is 3.69. The molecule has 2 atom stereocenters. The molecule has 0 heterocycles. The van der Waals surface area contributed by atoms with Gasteiger partial charge in [0.2, 0.25) is 0 Å². The molecule has 2 unspecified atom stereocenters. The van der Waals surface area contributed by atoms with E-state index >= 15 is 0 Å². The minimum absolute atomic E-state index is 0.191. The lowest BCUT2D eigenvalue weighted by Crippen LogP contribution is -2.41. The average Bonchev–Trinajstić information content (AvgIpc) is 2.87. The number of nitrogens with one attached hydrogen (secondary N) is 1. The van der Waals surface area contributed by atoms with Crippen molar-refractivity contribution in [1.82, 2.24) is 5.32 Å². The predicted octanol–water partition coefficient (Wildman–Crippen LogP) is 4.11. The number of rotatable bonds is 3. The van der Waals surface area contributed by atoms with Gasteiger partial charge in [-0.3, -0.25) is 0 Å². The van der Waals surface area contributed by atoms with Gasteiger partial charge in [-0.05, 0) is 44.7 Å². The van der Waals surface area contributed by atoms with Crippen LogP contribution in [0.1, 0.15) is 39.7 Å². The van der Waals surface area contributed by atoms with Crippen molar-refractivity contribution in [2.75, 3.05) is 6.54 Å². The van der Waals surface area contributed by atoms with Crippen LogP contribution in [0.5, 0.6) is 0 Å². The van der Waals surface area contributed by atoms with E-state index in [-0.39, 0.29) is 5.54 Å². The molecular formula is C15H22BrN. The molecule has 0 spiro atoms. The van der Waals surface area contributed by atoms with Crippen LogP contribution in [0.3, 0.4) is 0 Å². The Bertz CT molecular complexity index is 408. The average molecular weight is 296 g/mol. The number of hydrogen-bond acceptors (Lipinski definition) is 1. The van der Waals surface area contributed by atoms with Crippen molar-refractivity contribution >= 4 is 15.9 Å². The van der Waals surface area contributed by atoms with Crippen LogP contribution in [0.2, 0.25) is 0 Å². The third-order valence-corrected chi connectivity index (χ3v) is 4.49. The van der Waals surface area contributed by atoms with Gasteiger partial charge >= 0.3 is 0 Å². The molecule has 17 heavy (non-hydrogen) atoms. The van der Waals surface area contributed by atoms with Gasteiger partial charge in [-0.1, -0.05) is 41.1 Å². The number of benzene rings is 1. The molecule has 1 saturated carbocycles. The molecular weight excluding hydrogens is 274 g/mol. The third-order valence-electron chi connectivity index (χ3n) is 3.80. The smallest absolute Gasteiger partial charge is 0.0213 e. The fourth-order valence-corrected chi connectivity index (χ4v) is 3.17. The minimum Gasteiger partial charge on any atom is -0.311 e. The summed E-state index contributed by atoms with van der Waals surface area (Å²) in [5, 5.41) is 3.66. The van der Waals surface area contributed by atoms with Crippen LogP contribution >= 0.6 is 15.9 Å². The highest BCUT2D eigenvalue weighted by atomic mass is 79.9. The Morgan fingerprint density at radius 2 is 1.94 bits per heavy atom. The van der Waals surface area contributed by atoms with Crippen molar-refractivity contribution in [3.8, 4) is 0 Å². The van der Waals surface area contributed by atoms with Crippen molar-refractivity contribution in [3.63, 3.8) is 0 Å². The highest BCUT2D eigenvalue weighted by Gasteiger charge is 2.52. The minimum atomic E-state index is 0.191. The molecule has 94 valence electrons. The van der Waals surface area contributed by atoms with Gasteiger partial charge in [0, 0.05) is 22.0 Å². The van der Waals surface area contributed by atoms with E-state index in [4.69, 9.17) is 0 Å². The molecule has 1 fully saturated rings. The summed E-state index contributed by atoms with van der Waals surface area (Å²) in [6.07, 6.45) is 1.29. The van der Waals surface area contributed by atoms with E-state index in [9.17, 15) is 0 Å². The molecule has 0 amide bonds. The van der Waals surface area contributed by atoms with E-state index in [1.54, 1.807) is 0 Å². The lowest BCUT2D eigenvalue weighted by molar-refractivity contribution is 0.391. The molecule has 0 bridgehead atoms. The molecule has 0 aromatic heterocycles. The van der Waals surface area contributed by atoms with Crippen LogP contribution in [0.15, 0.2) is 28.7 Å². The first-order chi connectivity index (χ1) is 7.85. The fraction of sp³-hybridized carbons (Fsp3) is 0.600. The first-order valence-corrected chi connectivity index (χ1v) is 7.14. The van der Waals surface area contributed by atoms with Crippen molar-refractivity contribution in [2.45, 2.75) is 45.1 Å². The van der Waals surface area contributed by atoms with E-state index < -0.39 is 0 Å². The van der Waals surface area contributed by atoms with Crippen molar-refractivity contribution in [2.24, 2.45) is 5.92 Å². The first-order valence-electron chi connectivity index (χ1n) is 6.35. The zero-order valence-electron chi connectivity index (χ0n) is 11.2. The van der Waals surface area contributed by atoms with Crippen LogP contribution in [0.4, 0.5) is 0 Å². The van der Waals surface area contributed by atoms with Gasteiger partial charge in [0.15, 0.2) is 0 Å². The summed E-state index contributed by atoms with van der Waals surface area (Å²) in [5.74, 6) is 0.774. The fourth-order valence-electron chi connectivity index (χ4n) is 2.49. The second-order valence-electron chi connectivity index (χ2n) is 6.34. The van der Waals surface area contributed by atoms with E-state index in [1.807, 2.05) is 0 Å². The SMILES string of the molecule is CC1CC1(CNC(C)(C)C)c1ccccc1Br. The lowest BCUT2D eigenvalue weighted by atomic mass is 9.92. The van der Waals surface area contributed by atoms with Gasteiger partial charge in [0.05, 0.1) is 0 Å². The second kappa shape index (κ2) is 4.40. The van der Waals surface area contributed by atoms with Gasteiger partial charge in [-0.2, -0.15) is 0 Å². The summed E-state index contributed by atoms with van der Waals surface area (Å²) in [7, 11) is 0. The van der Waals surface area contributed by atoms with E-state index in [1.165, 1.54) is 16.5 Å². The maximum Gasteiger partial charge on any atom is 0.0213 e. The summed E-state index contributed by atoms with van der Waals surface area (Å²) in [5.41, 5.74) is 1.99. The molecule has 2 rings (SSSR count). The summed E-state index contributed by atoms with van der Waals surface area (Å²) >= 11 is 3.69. The molecule has 1 aromatic carbocycles. The van der Waals surface area contributed by atoms with Crippen LogP contribution < -0.4 is 5.32 Å². The first kappa shape index (κ1) is 13.1. The van der Waals surface area contributed by atoms with Crippen LogP contribution in [0.25, 0.3) is 0 Å². The van der Waals surface area contributed by atoms with E-state index in [0.29, 0.717) is 5.41 Å². The third kappa shape index (κ3) is 2.74. The largest absolute Gasteiger partial charge is 0.311 e. The van der Waals surface area contributed by atoms with Gasteiger partial charge < -0.3 is 5.32 Å². The van der Waals surface area contributed by atoms with Crippen LogP contribution in [-0.4, -0.2) is 12.1 Å². The molecule has 1 aliphatic rings. The summed E-state index contributed by atoms with van der Waals surface area (Å²) in [4.78, 5) is 0. The monoisotopic (exact) mass is 295 g/mol. The van der Waals surface area contributed by atoms with Crippen LogP contribution in [-0.2, 0) is 5.41 Å². The molecule has 0 radical (unpaired) electrons. The molecule has 1 aliphatic carbocycles. The van der Waals surface area contributed by atoms with E-state index in [0.717, 1.165) is 12.5 Å². The Hall–Kier alpha value is -0.340.